The number of nitrogens with zero attached hydrogens (tertiary/aromatic N) is 4. The fourth-order valence-corrected chi connectivity index (χ4v) is 3.17. The second kappa shape index (κ2) is 6.79. The van der Waals surface area contributed by atoms with Gasteiger partial charge in [-0.1, -0.05) is 6.92 Å². The first-order valence-electron chi connectivity index (χ1n) is 8.79. The highest BCUT2D eigenvalue weighted by molar-refractivity contribution is 5.75. The summed E-state index contributed by atoms with van der Waals surface area (Å²) < 4.78 is 4.13. The average Bonchev–Trinajstić information content (AvgIpc) is 3.03. The van der Waals surface area contributed by atoms with Crippen LogP contribution in [0.15, 0.2) is 18.5 Å². The van der Waals surface area contributed by atoms with Gasteiger partial charge in [0.25, 0.3) is 0 Å². The zero-order valence-corrected chi connectivity index (χ0v) is 14.9. The summed E-state index contributed by atoms with van der Waals surface area (Å²) in [5.41, 5.74) is 2.44. The molecule has 0 radical (unpaired) electrons. The van der Waals surface area contributed by atoms with Gasteiger partial charge in [0, 0.05) is 56.0 Å². The maximum Gasteiger partial charge on any atom is 0.221 e. The minimum absolute atomic E-state index is 0.116. The van der Waals surface area contributed by atoms with E-state index in [2.05, 4.69) is 44.6 Å². The van der Waals surface area contributed by atoms with E-state index < -0.39 is 0 Å². The lowest BCUT2D eigenvalue weighted by Gasteiger charge is -2.17. The molecule has 1 aliphatic carbocycles. The predicted octanol–water partition coefficient (Wildman–Crippen LogP) is 2.25. The number of imidazole rings is 1. The molecule has 0 atom stereocenters. The van der Waals surface area contributed by atoms with Gasteiger partial charge in [0.15, 0.2) is 0 Å². The van der Waals surface area contributed by atoms with E-state index in [0.29, 0.717) is 13.0 Å². The van der Waals surface area contributed by atoms with Crippen LogP contribution in [0.4, 0.5) is 0 Å². The summed E-state index contributed by atoms with van der Waals surface area (Å²) in [6.07, 6.45) is 7.45. The summed E-state index contributed by atoms with van der Waals surface area (Å²) >= 11 is 0. The molecule has 6 heteroatoms. The Kier molecular flexibility index (Phi) is 4.73. The molecule has 2 aromatic rings. The number of amides is 1. The van der Waals surface area contributed by atoms with E-state index in [1.54, 1.807) is 6.20 Å². The molecule has 1 aliphatic rings. The molecule has 2 heterocycles. The van der Waals surface area contributed by atoms with Crippen molar-refractivity contribution in [1.29, 1.82) is 0 Å². The molecule has 1 saturated carbocycles. The first-order chi connectivity index (χ1) is 11.5. The Labute approximate surface area is 143 Å². The monoisotopic (exact) mass is 329 g/mol. The summed E-state index contributed by atoms with van der Waals surface area (Å²) in [5.74, 6) is 1.15. The Balaban J connectivity index is 1.46. The lowest BCUT2D eigenvalue weighted by molar-refractivity contribution is -0.121. The fourth-order valence-electron chi connectivity index (χ4n) is 3.17. The SMILES string of the molecule is CCc1nccn1CCC(=O)NCC1(Cn2nc(C)cc2C)CC1. The second-order valence-electron chi connectivity index (χ2n) is 7.00. The van der Waals surface area contributed by atoms with Gasteiger partial charge in [-0.2, -0.15) is 5.10 Å². The topological polar surface area (TPSA) is 64.7 Å². The first kappa shape index (κ1) is 16.7. The zero-order chi connectivity index (χ0) is 17.2. The third-order valence-corrected chi connectivity index (χ3v) is 4.90. The lowest BCUT2D eigenvalue weighted by Crippen LogP contribution is -2.33. The van der Waals surface area contributed by atoms with E-state index >= 15 is 0 Å². The molecule has 0 bridgehead atoms. The van der Waals surface area contributed by atoms with Crippen molar-refractivity contribution in [3.63, 3.8) is 0 Å². The Morgan fingerprint density at radius 2 is 2.17 bits per heavy atom. The van der Waals surface area contributed by atoms with Crippen molar-refractivity contribution in [2.75, 3.05) is 6.54 Å². The molecule has 0 saturated heterocycles. The highest BCUT2D eigenvalue weighted by Gasteiger charge is 2.43. The van der Waals surface area contributed by atoms with Crippen LogP contribution in [0, 0.1) is 19.3 Å². The number of hydrogen-bond donors (Lipinski definition) is 1. The van der Waals surface area contributed by atoms with Crippen molar-refractivity contribution in [2.24, 2.45) is 5.41 Å². The quantitative estimate of drug-likeness (QED) is 0.808. The molecule has 1 N–H and O–H groups in total. The second-order valence-corrected chi connectivity index (χ2v) is 7.00. The van der Waals surface area contributed by atoms with Gasteiger partial charge < -0.3 is 9.88 Å². The van der Waals surface area contributed by atoms with E-state index in [1.165, 1.54) is 5.69 Å². The number of carbonyl (C=O) groups is 1. The molecule has 3 rings (SSSR count). The van der Waals surface area contributed by atoms with E-state index in [1.807, 2.05) is 13.1 Å². The van der Waals surface area contributed by atoms with Gasteiger partial charge >= 0.3 is 0 Å². The smallest absolute Gasteiger partial charge is 0.221 e. The number of aromatic nitrogens is 4. The van der Waals surface area contributed by atoms with E-state index in [0.717, 1.165) is 43.9 Å². The molecule has 24 heavy (non-hydrogen) atoms. The Bertz CT molecular complexity index is 711. The molecule has 6 nitrogen and oxygen atoms in total. The van der Waals surface area contributed by atoms with Gasteiger partial charge in [0.2, 0.25) is 5.91 Å². The summed E-state index contributed by atoms with van der Waals surface area (Å²) in [5, 5.41) is 7.66. The third kappa shape index (κ3) is 3.86. The predicted molar refractivity (Wildman–Crippen MR) is 92.6 cm³/mol. The first-order valence-corrected chi connectivity index (χ1v) is 8.79. The largest absolute Gasteiger partial charge is 0.355 e. The summed E-state index contributed by atoms with van der Waals surface area (Å²) in [6.45, 7) is 8.52. The van der Waals surface area contributed by atoms with Crippen molar-refractivity contribution in [3.8, 4) is 0 Å². The zero-order valence-electron chi connectivity index (χ0n) is 14.9. The minimum atomic E-state index is 0.116. The van der Waals surface area contributed by atoms with Gasteiger partial charge in [-0.05, 0) is 32.8 Å². The average molecular weight is 329 g/mol. The highest BCUT2D eigenvalue weighted by Crippen LogP contribution is 2.46. The molecule has 0 aliphatic heterocycles. The lowest BCUT2D eigenvalue weighted by atomic mass is 10.1. The van der Waals surface area contributed by atoms with Crippen molar-refractivity contribution in [1.82, 2.24) is 24.6 Å². The molecule has 1 fully saturated rings. The van der Waals surface area contributed by atoms with Crippen LogP contribution < -0.4 is 5.32 Å². The van der Waals surface area contributed by atoms with Crippen LogP contribution in [0.2, 0.25) is 0 Å². The Morgan fingerprint density at radius 3 is 2.79 bits per heavy atom. The summed E-state index contributed by atoms with van der Waals surface area (Å²) in [4.78, 5) is 16.5. The van der Waals surface area contributed by atoms with E-state index in [-0.39, 0.29) is 11.3 Å². The van der Waals surface area contributed by atoms with Crippen LogP contribution in [0.5, 0.6) is 0 Å². The molecular formula is C18H27N5O. The van der Waals surface area contributed by atoms with Crippen molar-refractivity contribution in [3.05, 3.63) is 35.7 Å². The van der Waals surface area contributed by atoms with E-state index in [9.17, 15) is 4.79 Å². The van der Waals surface area contributed by atoms with Crippen LogP contribution in [0.1, 0.15) is 43.4 Å². The molecule has 1 amide bonds. The van der Waals surface area contributed by atoms with Crippen LogP contribution in [0.3, 0.4) is 0 Å². The molecular weight excluding hydrogens is 302 g/mol. The third-order valence-electron chi connectivity index (χ3n) is 4.90. The highest BCUT2D eigenvalue weighted by atomic mass is 16.1. The standard InChI is InChI=1S/C18H27N5O/c1-4-16-19-8-10-22(16)9-5-17(24)20-12-18(6-7-18)13-23-15(3)11-14(2)21-23/h8,10-11H,4-7,9,12-13H2,1-3H3,(H,20,24). The molecule has 130 valence electrons. The maximum absolute atomic E-state index is 12.2. The number of nitrogens with one attached hydrogen (secondary N) is 1. The van der Waals surface area contributed by atoms with Crippen molar-refractivity contribution < 1.29 is 4.79 Å². The van der Waals surface area contributed by atoms with Crippen LogP contribution in [-0.2, 0) is 24.3 Å². The van der Waals surface area contributed by atoms with Crippen molar-refractivity contribution in [2.45, 2.75) is 59.5 Å². The summed E-state index contributed by atoms with van der Waals surface area (Å²) in [7, 11) is 0. The Morgan fingerprint density at radius 1 is 1.38 bits per heavy atom. The normalized spacial score (nSPS) is 15.5. The van der Waals surface area contributed by atoms with Crippen LogP contribution in [0.25, 0.3) is 0 Å². The van der Waals surface area contributed by atoms with Gasteiger partial charge in [-0.3, -0.25) is 9.48 Å². The summed E-state index contributed by atoms with van der Waals surface area (Å²) in [6, 6.07) is 2.10. The van der Waals surface area contributed by atoms with Gasteiger partial charge in [-0.25, -0.2) is 4.98 Å². The molecule has 2 aromatic heterocycles. The molecule has 0 aromatic carbocycles. The van der Waals surface area contributed by atoms with Crippen LogP contribution in [-0.4, -0.2) is 31.8 Å². The number of rotatable bonds is 8. The van der Waals surface area contributed by atoms with Gasteiger partial charge in [-0.15, -0.1) is 0 Å². The van der Waals surface area contributed by atoms with Gasteiger partial charge in [0.05, 0.1) is 5.69 Å². The number of aryl methyl sites for hydroxylation is 4. The van der Waals surface area contributed by atoms with E-state index in [4.69, 9.17) is 0 Å². The van der Waals surface area contributed by atoms with Crippen molar-refractivity contribution >= 4 is 5.91 Å². The Hall–Kier alpha value is -2.11. The molecule has 0 spiro atoms. The maximum atomic E-state index is 12.2. The molecule has 0 unspecified atom stereocenters. The fraction of sp³-hybridized carbons (Fsp3) is 0.611. The van der Waals surface area contributed by atoms with Gasteiger partial charge in [0.1, 0.15) is 5.82 Å². The minimum Gasteiger partial charge on any atom is -0.355 e. The number of carbonyl (C=O) groups excluding carboxylic acids is 1. The van der Waals surface area contributed by atoms with Crippen LogP contribution >= 0.6 is 0 Å². The number of hydrogen-bond acceptors (Lipinski definition) is 3.